The molecule has 3 N–H and O–H groups in total. The van der Waals surface area contributed by atoms with E-state index in [1.165, 1.54) is 13.2 Å². The second-order valence-corrected chi connectivity index (χ2v) is 10.4. The molecule has 0 radical (unpaired) electrons. The van der Waals surface area contributed by atoms with Crippen molar-refractivity contribution >= 4 is 23.6 Å². The van der Waals surface area contributed by atoms with Crippen LogP contribution in [0.4, 0.5) is 4.79 Å². The van der Waals surface area contributed by atoms with Crippen molar-refractivity contribution in [2.45, 2.75) is 65.5 Å². The molecule has 1 aliphatic carbocycles. The van der Waals surface area contributed by atoms with Crippen LogP contribution in [0.15, 0.2) is 58.9 Å². The lowest BCUT2D eigenvalue weighted by atomic mass is 9.83. The normalized spacial score (nSPS) is 34.4. The number of nitrogens with two attached hydrogens (primary N) is 1. The number of allylic oxidation sites excluding steroid dienone is 5. The molecule has 2 rings (SSSR count). The molecule has 10 nitrogen and oxygen atoms in total. The zero-order chi connectivity index (χ0) is 30.1. The molecule has 0 aromatic rings. The number of carbonyl (C=O) groups excluding carboxylic acids is 4. The largest absolute Gasteiger partial charge is 0.441 e. The van der Waals surface area contributed by atoms with Crippen LogP contribution in [0, 0.1) is 17.8 Å². The molecule has 2 aliphatic rings. The number of ketones is 2. The SMILES string of the molecule is CO[C@H]1[C@@H](OC)C[C@H](C)[C@@H](OC)C2=CC(=O)C=C(NC(=O)/C(C)=C/C=C\[C@@H](C)[C@@H](OC(N)=O)/C(C)=C/[C@@H]1C)C2=O. The first-order valence-electron chi connectivity index (χ1n) is 13.3. The molecule has 0 saturated heterocycles. The highest BCUT2D eigenvalue weighted by Gasteiger charge is 2.36. The summed E-state index contributed by atoms with van der Waals surface area (Å²) < 4.78 is 22.9. The molecule has 0 aromatic heterocycles. The summed E-state index contributed by atoms with van der Waals surface area (Å²) >= 11 is 0. The first kappa shape index (κ1) is 32.9. The van der Waals surface area contributed by atoms with E-state index in [0.29, 0.717) is 12.0 Å². The van der Waals surface area contributed by atoms with E-state index >= 15 is 0 Å². The molecule has 2 amide bonds. The van der Waals surface area contributed by atoms with Crippen molar-refractivity contribution < 1.29 is 38.1 Å². The minimum absolute atomic E-state index is 0.119. The van der Waals surface area contributed by atoms with E-state index in [2.05, 4.69) is 5.32 Å². The van der Waals surface area contributed by atoms with Gasteiger partial charge in [-0.1, -0.05) is 45.1 Å². The van der Waals surface area contributed by atoms with Gasteiger partial charge in [0.05, 0.1) is 24.0 Å². The van der Waals surface area contributed by atoms with Crippen molar-refractivity contribution in [3.63, 3.8) is 0 Å². The highest BCUT2D eigenvalue weighted by molar-refractivity contribution is 6.22. The van der Waals surface area contributed by atoms with Gasteiger partial charge in [-0.25, -0.2) is 4.79 Å². The van der Waals surface area contributed by atoms with E-state index in [9.17, 15) is 19.2 Å². The van der Waals surface area contributed by atoms with E-state index in [1.54, 1.807) is 39.4 Å². The standard InChI is InChI=1S/C30H42N2O8/c1-16-10-9-11-17(2)29(35)32-23-15-21(33)14-22(25(23)34)27(38-7)20(5)13-24(37-6)28(39-8)19(4)12-18(3)26(16)40-30(31)36/h9-12,14-16,19-20,24,26-28H,13H2,1-8H3,(H2,31,36)(H,32,35)/b10-9-,17-11+,18-12+/t16-,19+,20+,24+,26-,27-,28-/m1/s1. The molecule has 0 unspecified atom stereocenters. The summed E-state index contributed by atoms with van der Waals surface area (Å²) in [6.07, 6.45) is 6.65. The van der Waals surface area contributed by atoms with Gasteiger partial charge >= 0.3 is 6.09 Å². The predicted octanol–water partition coefficient (Wildman–Crippen LogP) is 3.33. The van der Waals surface area contributed by atoms with Crippen LogP contribution in [0.2, 0.25) is 0 Å². The molecule has 1 aliphatic heterocycles. The fourth-order valence-electron chi connectivity index (χ4n) is 5.27. The fraction of sp³-hybridized carbons (Fsp3) is 0.533. The van der Waals surface area contributed by atoms with E-state index < -0.39 is 48.0 Å². The lowest BCUT2D eigenvalue weighted by Gasteiger charge is -2.34. The Labute approximate surface area is 236 Å². The summed E-state index contributed by atoms with van der Waals surface area (Å²) in [6.45, 7) is 9.17. The van der Waals surface area contributed by atoms with Gasteiger partial charge in [0.1, 0.15) is 6.10 Å². The number of carbonyl (C=O) groups is 4. The molecule has 220 valence electrons. The highest BCUT2D eigenvalue weighted by Crippen LogP contribution is 2.30. The monoisotopic (exact) mass is 558 g/mol. The third-order valence-corrected chi connectivity index (χ3v) is 7.29. The molecule has 0 saturated carbocycles. The summed E-state index contributed by atoms with van der Waals surface area (Å²) in [7, 11) is 4.64. The molecule has 7 atom stereocenters. The Morgan fingerprint density at radius 3 is 2.20 bits per heavy atom. The Morgan fingerprint density at radius 1 is 0.950 bits per heavy atom. The van der Waals surface area contributed by atoms with Crippen molar-refractivity contribution in [3.05, 3.63) is 58.9 Å². The number of rotatable bonds is 4. The Kier molecular flexibility index (Phi) is 12.2. The van der Waals surface area contributed by atoms with Crippen molar-refractivity contribution in [1.29, 1.82) is 0 Å². The summed E-state index contributed by atoms with van der Waals surface area (Å²) in [5.74, 6) is -2.19. The summed E-state index contributed by atoms with van der Waals surface area (Å²) in [6, 6.07) is 0. The Hall–Kier alpha value is -3.34. The van der Waals surface area contributed by atoms with E-state index in [1.807, 2.05) is 33.8 Å². The smallest absolute Gasteiger partial charge is 0.405 e. The predicted molar refractivity (Wildman–Crippen MR) is 150 cm³/mol. The van der Waals surface area contributed by atoms with Gasteiger partial charge in [-0.3, -0.25) is 14.4 Å². The van der Waals surface area contributed by atoms with Crippen molar-refractivity contribution in [3.8, 4) is 0 Å². The van der Waals surface area contributed by atoms with Crippen LogP contribution in [-0.4, -0.2) is 69.3 Å². The number of ether oxygens (including phenoxy) is 4. The van der Waals surface area contributed by atoms with Crippen LogP contribution < -0.4 is 11.1 Å². The second-order valence-electron chi connectivity index (χ2n) is 10.4. The van der Waals surface area contributed by atoms with Gasteiger partial charge < -0.3 is 30.0 Å². The third kappa shape index (κ3) is 8.33. The van der Waals surface area contributed by atoms with Crippen LogP contribution in [0.3, 0.4) is 0 Å². The van der Waals surface area contributed by atoms with Crippen LogP contribution in [0.1, 0.15) is 41.0 Å². The fourth-order valence-corrected chi connectivity index (χ4v) is 5.27. The zero-order valence-electron chi connectivity index (χ0n) is 24.6. The summed E-state index contributed by atoms with van der Waals surface area (Å²) in [5.41, 5.74) is 6.49. The summed E-state index contributed by atoms with van der Waals surface area (Å²) in [4.78, 5) is 50.5. The Balaban J connectivity index is 2.62. The van der Waals surface area contributed by atoms with Crippen molar-refractivity contribution in [2.24, 2.45) is 23.5 Å². The topological polar surface area (TPSA) is 143 Å². The molecule has 40 heavy (non-hydrogen) atoms. The molecule has 0 spiro atoms. The van der Waals surface area contributed by atoms with Crippen molar-refractivity contribution in [1.82, 2.24) is 5.32 Å². The number of hydrogen-bond acceptors (Lipinski definition) is 8. The maximum absolute atomic E-state index is 13.4. The minimum atomic E-state index is -0.902. The van der Waals surface area contributed by atoms with Gasteiger partial charge in [-0.15, -0.1) is 0 Å². The van der Waals surface area contributed by atoms with Gasteiger partial charge in [0.2, 0.25) is 5.78 Å². The number of primary amides is 1. The number of nitrogens with one attached hydrogen (secondary N) is 1. The molecular formula is C30H42N2O8. The second kappa shape index (κ2) is 14.9. The molecular weight excluding hydrogens is 516 g/mol. The first-order chi connectivity index (χ1) is 18.8. The van der Waals surface area contributed by atoms with Crippen LogP contribution in [0.5, 0.6) is 0 Å². The van der Waals surface area contributed by atoms with E-state index in [4.69, 9.17) is 24.7 Å². The Morgan fingerprint density at radius 2 is 1.62 bits per heavy atom. The number of fused-ring (bicyclic) bond motifs is 2. The average molecular weight is 559 g/mol. The molecule has 0 fully saturated rings. The molecule has 0 aromatic carbocycles. The first-order valence-corrected chi connectivity index (χ1v) is 13.3. The number of hydrogen-bond donors (Lipinski definition) is 2. The lowest BCUT2D eigenvalue weighted by Crippen LogP contribution is -2.40. The van der Waals surface area contributed by atoms with Gasteiger partial charge in [0.15, 0.2) is 5.78 Å². The van der Waals surface area contributed by atoms with Crippen LogP contribution in [-0.2, 0) is 33.3 Å². The number of methoxy groups -OCH3 is 3. The van der Waals surface area contributed by atoms with Gasteiger partial charge in [0, 0.05) is 50.4 Å². The van der Waals surface area contributed by atoms with Gasteiger partial charge in [0.25, 0.3) is 5.91 Å². The molecule has 1 heterocycles. The van der Waals surface area contributed by atoms with Crippen molar-refractivity contribution in [2.75, 3.05) is 21.3 Å². The van der Waals surface area contributed by atoms with Crippen LogP contribution in [0.25, 0.3) is 0 Å². The van der Waals surface area contributed by atoms with Gasteiger partial charge in [-0.2, -0.15) is 0 Å². The summed E-state index contributed by atoms with van der Waals surface area (Å²) in [5, 5.41) is 2.56. The quantitative estimate of drug-likeness (QED) is 0.395. The zero-order valence-corrected chi connectivity index (χ0v) is 24.6. The van der Waals surface area contributed by atoms with E-state index in [-0.39, 0.29) is 29.0 Å². The van der Waals surface area contributed by atoms with Gasteiger partial charge in [-0.05, 0) is 37.8 Å². The number of Topliss-reactive ketones (excluding diaryl/α,β-unsaturated/α-hetero) is 1. The average Bonchev–Trinajstić information content (AvgIpc) is 2.88. The van der Waals surface area contributed by atoms with Crippen LogP contribution >= 0.6 is 0 Å². The maximum Gasteiger partial charge on any atom is 0.405 e. The molecule has 2 bridgehead atoms. The lowest BCUT2D eigenvalue weighted by molar-refractivity contribution is -0.120. The minimum Gasteiger partial charge on any atom is -0.441 e. The highest BCUT2D eigenvalue weighted by atomic mass is 16.6. The molecule has 10 heteroatoms. The third-order valence-electron chi connectivity index (χ3n) is 7.29. The maximum atomic E-state index is 13.4. The Bertz CT molecular complexity index is 1130. The number of amides is 2. The van der Waals surface area contributed by atoms with E-state index in [0.717, 1.165) is 11.6 Å².